The second-order valence-corrected chi connectivity index (χ2v) is 5.53. The molecule has 0 radical (unpaired) electrons. The van der Waals surface area contributed by atoms with Crippen LogP contribution < -0.4 is 5.73 Å². The van der Waals surface area contributed by atoms with Crippen LogP contribution >= 0.6 is 39.9 Å². The van der Waals surface area contributed by atoms with Crippen LogP contribution in [0.4, 0.5) is 0 Å². The number of benzene rings is 1. The van der Waals surface area contributed by atoms with E-state index < -0.39 is 0 Å². The Morgan fingerprint density at radius 1 is 1.31 bits per heavy atom. The molecule has 0 aromatic heterocycles. The Morgan fingerprint density at radius 2 is 1.94 bits per heavy atom. The van der Waals surface area contributed by atoms with Crippen LogP contribution in [0.15, 0.2) is 22.7 Å². The van der Waals surface area contributed by atoms with Crippen LogP contribution in [-0.4, -0.2) is 0 Å². The van der Waals surface area contributed by atoms with Crippen molar-refractivity contribution in [1.29, 1.82) is 0 Å². The molecule has 90 valence electrons. The molecule has 1 atom stereocenters. The van der Waals surface area contributed by atoms with Gasteiger partial charge in [0, 0.05) is 15.5 Å². The molecule has 16 heavy (non-hydrogen) atoms. The largest absolute Gasteiger partial charge is 0.324 e. The molecule has 4 heteroatoms. The van der Waals surface area contributed by atoms with Gasteiger partial charge in [0.25, 0.3) is 0 Å². The van der Waals surface area contributed by atoms with E-state index in [2.05, 4.69) is 15.9 Å². The average Bonchev–Trinajstić information content (AvgIpc) is 2.74. The lowest BCUT2D eigenvalue weighted by Gasteiger charge is -2.20. The van der Waals surface area contributed by atoms with Gasteiger partial charge in [-0.2, -0.15) is 0 Å². The van der Waals surface area contributed by atoms with Crippen LogP contribution in [0.1, 0.15) is 37.3 Å². The highest BCUT2D eigenvalue weighted by atomic mass is 79.9. The summed E-state index contributed by atoms with van der Waals surface area (Å²) in [4.78, 5) is 0. The molecule has 0 heterocycles. The van der Waals surface area contributed by atoms with Gasteiger partial charge in [-0.15, -0.1) is 12.4 Å². The zero-order valence-corrected chi connectivity index (χ0v) is 12.1. The molecule has 0 spiro atoms. The molecule has 0 unspecified atom stereocenters. The third-order valence-corrected chi connectivity index (χ3v) is 4.18. The summed E-state index contributed by atoms with van der Waals surface area (Å²) in [7, 11) is 0. The highest BCUT2D eigenvalue weighted by Crippen LogP contribution is 2.37. The van der Waals surface area contributed by atoms with Crippen molar-refractivity contribution in [2.45, 2.75) is 31.7 Å². The van der Waals surface area contributed by atoms with Gasteiger partial charge in [-0.3, -0.25) is 0 Å². The average molecular weight is 325 g/mol. The zero-order valence-electron chi connectivity index (χ0n) is 8.96. The highest BCUT2D eigenvalue weighted by molar-refractivity contribution is 9.10. The van der Waals surface area contributed by atoms with E-state index in [0.717, 1.165) is 15.1 Å². The molecule has 1 aromatic rings. The molecular weight excluding hydrogens is 309 g/mol. The number of hydrogen-bond acceptors (Lipinski definition) is 1. The molecule has 0 aliphatic heterocycles. The molecule has 1 aliphatic rings. The molecule has 2 rings (SSSR count). The Hall–Kier alpha value is 0.240. The second kappa shape index (κ2) is 6.25. The summed E-state index contributed by atoms with van der Waals surface area (Å²) in [6.45, 7) is 0. The predicted octanol–water partition coefficient (Wildman–Crippen LogP) is 4.71. The molecule has 1 aliphatic carbocycles. The fourth-order valence-corrected chi connectivity index (χ4v) is 3.03. The van der Waals surface area contributed by atoms with Gasteiger partial charge in [0.05, 0.1) is 0 Å². The van der Waals surface area contributed by atoms with Gasteiger partial charge in [-0.25, -0.2) is 0 Å². The van der Waals surface area contributed by atoms with E-state index in [1.165, 1.54) is 25.7 Å². The van der Waals surface area contributed by atoms with Crippen molar-refractivity contribution in [2.75, 3.05) is 0 Å². The lowest BCUT2D eigenvalue weighted by molar-refractivity contribution is 0.444. The van der Waals surface area contributed by atoms with Gasteiger partial charge in [-0.1, -0.05) is 40.4 Å². The van der Waals surface area contributed by atoms with Crippen LogP contribution in [0.25, 0.3) is 0 Å². The maximum Gasteiger partial charge on any atom is 0.0410 e. The first-order valence-electron chi connectivity index (χ1n) is 5.39. The van der Waals surface area contributed by atoms with Crippen LogP contribution in [0, 0.1) is 5.92 Å². The van der Waals surface area contributed by atoms with Crippen molar-refractivity contribution in [3.63, 3.8) is 0 Å². The van der Waals surface area contributed by atoms with Crippen LogP contribution in [0.5, 0.6) is 0 Å². The Balaban J connectivity index is 0.00000128. The third-order valence-electron chi connectivity index (χ3n) is 3.22. The van der Waals surface area contributed by atoms with Gasteiger partial charge in [0.1, 0.15) is 0 Å². The first kappa shape index (κ1) is 14.3. The van der Waals surface area contributed by atoms with Crippen molar-refractivity contribution in [1.82, 2.24) is 0 Å². The van der Waals surface area contributed by atoms with E-state index >= 15 is 0 Å². The summed E-state index contributed by atoms with van der Waals surface area (Å²) < 4.78 is 1.08. The molecule has 1 saturated carbocycles. The Bertz CT molecular complexity index is 351. The summed E-state index contributed by atoms with van der Waals surface area (Å²) in [5.74, 6) is 0.625. The first-order valence-corrected chi connectivity index (χ1v) is 6.56. The minimum absolute atomic E-state index is 0. The molecule has 0 amide bonds. The normalized spacial score (nSPS) is 18.2. The highest BCUT2D eigenvalue weighted by Gasteiger charge is 2.24. The summed E-state index contributed by atoms with van der Waals surface area (Å²) in [5.41, 5.74) is 7.43. The quantitative estimate of drug-likeness (QED) is 0.837. The smallest absolute Gasteiger partial charge is 0.0410 e. The molecule has 1 nitrogen and oxygen atoms in total. The fourth-order valence-electron chi connectivity index (χ4n) is 2.34. The van der Waals surface area contributed by atoms with Crippen molar-refractivity contribution in [3.8, 4) is 0 Å². The SMILES string of the molecule is Cl.N[C@H](c1cc(Cl)ccc1Br)C1CCCC1. The molecule has 1 fully saturated rings. The number of hydrogen-bond donors (Lipinski definition) is 1. The molecule has 2 N–H and O–H groups in total. The van der Waals surface area contributed by atoms with Crippen molar-refractivity contribution in [2.24, 2.45) is 11.7 Å². The Labute approximate surface area is 116 Å². The number of halogens is 3. The number of rotatable bonds is 2. The molecule has 1 aromatic carbocycles. The van der Waals surface area contributed by atoms with E-state index in [0.29, 0.717) is 5.92 Å². The topological polar surface area (TPSA) is 26.0 Å². The lowest BCUT2D eigenvalue weighted by Crippen LogP contribution is -2.19. The van der Waals surface area contributed by atoms with E-state index in [-0.39, 0.29) is 18.4 Å². The van der Waals surface area contributed by atoms with E-state index in [4.69, 9.17) is 17.3 Å². The van der Waals surface area contributed by atoms with Crippen LogP contribution in [0.2, 0.25) is 5.02 Å². The van der Waals surface area contributed by atoms with Crippen molar-refractivity contribution < 1.29 is 0 Å². The zero-order chi connectivity index (χ0) is 10.8. The summed E-state index contributed by atoms with van der Waals surface area (Å²) in [5, 5.41) is 0.765. The minimum Gasteiger partial charge on any atom is -0.324 e. The lowest BCUT2D eigenvalue weighted by atomic mass is 9.92. The molecular formula is C12H16BrCl2N. The Morgan fingerprint density at radius 3 is 2.56 bits per heavy atom. The maximum atomic E-state index is 6.28. The van der Waals surface area contributed by atoms with Gasteiger partial charge in [0.2, 0.25) is 0 Å². The van der Waals surface area contributed by atoms with E-state index in [9.17, 15) is 0 Å². The van der Waals surface area contributed by atoms with Gasteiger partial charge in [-0.05, 0) is 42.5 Å². The van der Waals surface area contributed by atoms with Crippen molar-refractivity contribution >= 4 is 39.9 Å². The number of nitrogens with two attached hydrogens (primary N) is 1. The fraction of sp³-hybridized carbons (Fsp3) is 0.500. The van der Waals surface area contributed by atoms with Gasteiger partial charge in [0.15, 0.2) is 0 Å². The van der Waals surface area contributed by atoms with Gasteiger partial charge >= 0.3 is 0 Å². The van der Waals surface area contributed by atoms with Crippen LogP contribution in [0.3, 0.4) is 0 Å². The molecule has 0 saturated heterocycles. The van der Waals surface area contributed by atoms with E-state index in [1.54, 1.807) is 0 Å². The minimum atomic E-state index is 0. The van der Waals surface area contributed by atoms with Crippen LogP contribution in [-0.2, 0) is 0 Å². The standard InChI is InChI=1S/C12H15BrClN.ClH/c13-11-6-5-9(14)7-10(11)12(15)8-3-1-2-4-8;/h5-8,12H,1-4,15H2;1H/t12-;/m0./s1. The second-order valence-electron chi connectivity index (χ2n) is 4.24. The molecule has 0 bridgehead atoms. The summed E-state index contributed by atoms with van der Waals surface area (Å²) >= 11 is 9.53. The summed E-state index contributed by atoms with van der Waals surface area (Å²) in [6.07, 6.45) is 5.13. The first-order chi connectivity index (χ1) is 7.18. The third kappa shape index (κ3) is 3.13. The monoisotopic (exact) mass is 323 g/mol. The predicted molar refractivity (Wildman–Crippen MR) is 75.3 cm³/mol. The van der Waals surface area contributed by atoms with Gasteiger partial charge < -0.3 is 5.73 Å². The van der Waals surface area contributed by atoms with E-state index in [1.807, 2.05) is 18.2 Å². The van der Waals surface area contributed by atoms with Crippen molar-refractivity contribution in [3.05, 3.63) is 33.3 Å². The maximum absolute atomic E-state index is 6.28. The summed E-state index contributed by atoms with van der Waals surface area (Å²) in [6, 6.07) is 5.97. The Kier molecular flexibility index (Phi) is 5.58.